The molecule has 1 atom stereocenters. The molecule has 0 amide bonds. The van der Waals surface area contributed by atoms with Gasteiger partial charge >= 0.3 is 0 Å². The fourth-order valence-electron chi connectivity index (χ4n) is 2.67. The zero-order valence-corrected chi connectivity index (χ0v) is 12.3. The van der Waals surface area contributed by atoms with Gasteiger partial charge in [-0.15, -0.1) is 0 Å². The quantitative estimate of drug-likeness (QED) is 0.761. The van der Waals surface area contributed by atoms with Crippen LogP contribution in [0.5, 0.6) is 0 Å². The van der Waals surface area contributed by atoms with Crippen LogP contribution >= 0.6 is 0 Å². The third-order valence-electron chi connectivity index (χ3n) is 3.82. The lowest BCUT2D eigenvalue weighted by atomic mass is 9.94. The van der Waals surface area contributed by atoms with Gasteiger partial charge in [0.1, 0.15) is 0 Å². The van der Waals surface area contributed by atoms with Gasteiger partial charge in [-0.25, -0.2) is 0 Å². The van der Waals surface area contributed by atoms with Crippen molar-refractivity contribution in [1.29, 1.82) is 0 Å². The van der Waals surface area contributed by atoms with E-state index in [1.807, 2.05) is 0 Å². The van der Waals surface area contributed by atoms with Gasteiger partial charge in [0, 0.05) is 12.4 Å². The number of quaternary nitrogens is 1. The number of piperidine rings is 1. The van der Waals surface area contributed by atoms with Crippen molar-refractivity contribution in [2.45, 2.75) is 38.6 Å². The third-order valence-corrected chi connectivity index (χ3v) is 3.82. The van der Waals surface area contributed by atoms with E-state index < -0.39 is 5.97 Å². The van der Waals surface area contributed by atoms with Crippen LogP contribution in [-0.2, 0) is 11.2 Å². The Hall–Kier alpha value is -1.35. The number of carbonyl (C=O) groups excluding carboxylic acids is 1. The first-order valence-electron chi connectivity index (χ1n) is 6.96. The monoisotopic (exact) mass is 263 g/mol. The summed E-state index contributed by atoms with van der Waals surface area (Å²) >= 11 is 0. The maximum Gasteiger partial charge on any atom is 0.0927 e. The largest absolute Gasteiger partial charge is 0.550 e. The molecule has 1 aromatic rings. The van der Waals surface area contributed by atoms with Crippen LogP contribution in [0.3, 0.4) is 0 Å². The summed E-state index contributed by atoms with van der Waals surface area (Å²) in [6.07, 6.45) is 5.45. The fourth-order valence-corrected chi connectivity index (χ4v) is 2.67. The first-order valence-corrected chi connectivity index (χ1v) is 6.96. The molecule has 3 heteroatoms. The number of hydrogen-bond donors (Lipinski definition) is 0. The summed E-state index contributed by atoms with van der Waals surface area (Å²) in [6.45, 7) is 2.32. The van der Waals surface area contributed by atoms with Gasteiger partial charge in [-0.3, -0.25) is 0 Å². The van der Waals surface area contributed by atoms with Gasteiger partial charge in [0.2, 0.25) is 0 Å². The van der Waals surface area contributed by atoms with Gasteiger partial charge in [0.15, 0.2) is 0 Å². The molecule has 19 heavy (non-hydrogen) atoms. The second-order valence-electron chi connectivity index (χ2n) is 5.83. The normalized spacial score (nSPS) is 21.1. The highest BCUT2D eigenvalue weighted by molar-refractivity contribution is 5.60. The van der Waals surface area contributed by atoms with Gasteiger partial charge < -0.3 is 14.4 Å². The average Bonchev–Trinajstić information content (AvgIpc) is 2.32. The summed E-state index contributed by atoms with van der Waals surface area (Å²) in [5.74, 6) is -1.08. The van der Waals surface area contributed by atoms with E-state index in [1.54, 1.807) is 0 Å². The first-order chi connectivity index (χ1) is 8.92. The number of carbonyl (C=O) groups is 1. The van der Waals surface area contributed by atoms with E-state index in [-0.39, 0.29) is 0 Å². The Morgan fingerprint density at radius 3 is 2.37 bits per heavy atom. The molecule has 1 aliphatic heterocycles. The number of benzene rings is 1. The van der Waals surface area contributed by atoms with E-state index in [0.29, 0.717) is 0 Å². The van der Waals surface area contributed by atoms with Crippen LogP contribution in [0.15, 0.2) is 30.3 Å². The molecule has 106 valence electrons. The van der Waals surface area contributed by atoms with Gasteiger partial charge in [-0.05, 0) is 31.7 Å². The Labute approximate surface area is 116 Å². The number of aliphatic carboxylic acids is 1. The SMILES string of the molecule is CC(=O)[O-].C[N+]1(C)CCCCC1Cc1ccccc1. The van der Waals surface area contributed by atoms with Crippen molar-refractivity contribution < 1.29 is 14.4 Å². The summed E-state index contributed by atoms with van der Waals surface area (Å²) in [5, 5.41) is 8.89. The topological polar surface area (TPSA) is 40.1 Å². The molecule has 0 saturated carbocycles. The Morgan fingerprint density at radius 2 is 1.84 bits per heavy atom. The number of likely N-dealkylation sites (tertiary alicyclic amines) is 1. The van der Waals surface area contributed by atoms with Crippen molar-refractivity contribution in [2.75, 3.05) is 20.6 Å². The minimum Gasteiger partial charge on any atom is -0.550 e. The van der Waals surface area contributed by atoms with E-state index in [1.165, 1.54) is 42.3 Å². The Kier molecular flexibility index (Phi) is 6.03. The minimum absolute atomic E-state index is 0.821. The van der Waals surface area contributed by atoms with Crippen LogP contribution in [-0.4, -0.2) is 37.1 Å². The highest BCUT2D eigenvalue weighted by Gasteiger charge is 2.30. The molecule has 1 unspecified atom stereocenters. The molecule has 0 aromatic heterocycles. The molecule has 0 aliphatic carbocycles. The Bertz CT molecular complexity index is 383. The third kappa shape index (κ3) is 5.88. The molecule has 3 nitrogen and oxygen atoms in total. The van der Waals surface area contributed by atoms with Crippen molar-refractivity contribution in [3.8, 4) is 0 Å². The molecule has 1 fully saturated rings. The number of carboxylic acids is 1. The maximum atomic E-state index is 8.89. The lowest BCUT2D eigenvalue weighted by Crippen LogP contribution is -2.52. The summed E-state index contributed by atoms with van der Waals surface area (Å²) in [7, 11) is 4.76. The molecule has 1 aromatic carbocycles. The van der Waals surface area contributed by atoms with Crippen molar-refractivity contribution >= 4 is 5.97 Å². The first kappa shape index (κ1) is 15.7. The summed E-state index contributed by atoms with van der Waals surface area (Å²) < 4.78 is 1.20. The van der Waals surface area contributed by atoms with E-state index in [9.17, 15) is 0 Å². The number of nitrogens with zero attached hydrogens (tertiary/aromatic N) is 1. The van der Waals surface area contributed by atoms with E-state index in [4.69, 9.17) is 9.90 Å². The summed E-state index contributed by atoms with van der Waals surface area (Å²) in [4.78, 5) is 8.89. The van der Waals surface area contributed by atoms with Crippen molar-refractivity contribution in [1.82, 2.24) is 0 Å². The highest BCUT2D eigenvalue weighted by Crippen LogP contribution is 2.24. The Morgan fingerprint density at radius 1 is 1.26 bits per heavy atom. The minimum atomic E-state index is -1.08. The molecule has 2 rings (SSSR count). The smallest absolute Gasteiger partial charge is 0.0927 e. The molecule has 0 bridgehead atoms. The van der Waals surface area contributed by atoms with E-state index in [2.05, 4.69) is 44.4 Å². The molecule has 0 N–H and O–H groups in total. The van der Waals surface area contributed by atoms with Crippen LogP contribution < -0.4 is 5.11 Å². The van der Waals surface area contributed by atoms with Crippen LogP contribution in [0.1, 0.15) is 31.7 Å². The molecular formula is C16H25NO2. The van der Waals surface area contributed by atoms with Crippen LogP contribution in [0.4, 0.5) is 0 Å². The molecule has 1 saturated heterocycles. The predicted molar refractivity (Wildman–Crippen MR) is 75.4 cm³/mol. The summed E-state index contributed by atoms with van der Waals surface area (Å²) in [6, 6.07) is 11.7. The molecular weight excluding hydrogens is 238 g/mol. The van der Waals surface area contributed by atoms with Crippen LogP contribution in [0, 0.1) is 0 Å². The van der Waals surface area contributed by atoms with Crippen LogP contribution in [0.2, 0.25) is 0 Å². The molecule has 0 radical (unpaired) electrons. The molecule has 1 heterocycles. The average molecular weight is 263 g/mol. The lowest BCUT2D eigenvalue weighted by molar-refractivity contribution is -0.919. The zero-order valence-electron chi connectivity index (χ0n) is 12.3. The highest BCUT2D eigenvalue weighted by atomic mass is 16.4. The lowest BCUT2D eigenvalue weighted by Gasteiger charge is -2.41. The van der Waals surface area contributed by atoms with Crippen molar-refractivity contribution in [3.63, 3.8) is 0 Å². The van der Waals surface area contributed by atoms with Gasteiger partial charge in [-0.2, -0.15) is 0 Å². The van der Waals surface area contributed by atoms with E-state index in [0.717, 1.165) is 13.0 Å². The second-order valence-corrected chi connectivity index (χ2v) is 5.83. The zero-order chi connectivity index (χ0) is 14.3. The van der Waals surface area contributed by atoms with Gasteiger partial charge in [0.25, 0.3) is 0 Å². The fraction of sp³-hybridized carbons (Fsp3) is 0.562. The summed E-state index contributed by atoms with van der Waals surface area (Å²) in [5.41, 5.74) is 1.50. The number of rotatable bonds is 2. The van der Waals surface area contributed by atoms with Crippen molar-refractivity contribution in [2.24, 2.45) is 0 Å². The number of carboxylic acid groups (broad SMARTS) is 1. The number of hydrogen-bond acceptors (Lipinski definition) is 2. The van der Waals surface area contributed by atoms with Gasteiger partial charge in [0.05, 0.1) is 26.7 Å². The number of likely N-dealkylation sites (N-methyl/N-ethyl adjacent to an activating group) is 1. The van der Waals surface area contributed by atoms with Crippen LogP contribution in [0.25, 0.3) is 0 Å². The standard InChI is InChI=1S/C14H22N.C2H4O2/c1-15(2)11-7-6-10-14(15)12-13-8-4-3-5-9-13;1-2(3)4/h3-5,8-9,14H,6-7,10-12H2,1-2H3;1H3,(H,3,4)/q+1;/p-1. The predicted octanol–water partition coefficient (Wildman–Crippen LogP) is 1.61. The molecule has 0 spiro atoms. The maximum absolute atomic E-state index is 8.89. The second kappa shape index (κ2) is 7.29. The van der Waals surface area contributed by atoms with E-state index >= 15 is 0 Å². The molecule has 1 aliphatic rings. The van der Waals surface area contributed by atoms with Gasteiger partial charge in [-0.1, -0.05) is 30.3 Å². The van der Waals surface area contributed by atoms with Crippen molar-refractivity contribution in [3.05, 3.63) is 35.9 Å². The Balaban J connectivity index is 0.000000399.